The fourth-order valence-corrected chi connectivity index (χ4v) is 4.43. The van der Waals surface area contributed by atoms with Crippen molar-refractivity contribution in [2.75, 3.05) is 11.9 Å². The van der Waals surface area contributed by atoms with Crippen molar-refractivity contribution < 1.29 is 9.53 Å². The molecule has 2 aromatic heterocycles. The Balaban J connectivity index is 1.77. The lowest BCUT2D eigenvalue weighted by molar-refractivity contribution is 0.102. The van der Waals surface area contributed by atoms with Crippen LogP contribution < -0.4 is 10.1 Å². The Bertz CT molecular complexity index is 1320. The first kappa shape index (κ1) is 20.6. The Kier molecular flexibility index (Phi) is 5.70. The molecule has 1 N–H and O–H groups in total. The van der Waals surface area contributed by atoms with Gasteiger partial charge >= 0.3 is 0 Å². The molecule has 0 fully saturated rings. The number of aromatic nitrogens is 1. The standard InChI is InChI=1S/C25H21N3O2S/c1-4-30-18-11-9-17(10-12-18)23-13-20(19-7-5-6-8-22(19)27-23)24(29)28-25-21(14-26)15(2)16(3)31-25/h5-13H,4H2,1-3H3,(H,28,29). The zero-order valence-electron chi connectivity index (χ0n) is 17.5. The average molecular weight is 428 g/mol. The number of nitrogens with one attached hydrogen (secondary N) is 1. The second kappa shape index (κ2) is 8.58. The molecular formula is C25H21N3O2S. The summed E-state index contributed by atoms with van der Waals surface area (Å²) in [5.74, 6) is 0.529. The van der Waals surface area contributed by atoms with Crippen molar-refractivity contribution in [2.24, 2.45) is 0 Å². The third-order valence-corrected chi connectivity index (χ3v) is 6.27. The molecule has 0 aliphatic rings. The highest BCUT2D eigenvalue weighted by Gasteiger charge is 2.18. The number of carbonyl (C=O) groups is 1. The second-order valence-corrected chi connectivity index (χ2v) is 8.31. The Morgan fingerprint density at radius 2 is 1.90 bits per heavy atom. The summed E-state index contributed by atoms with van der Waals surface area (Å²) in [4.78, 5) is 19.0. The number of hydrogen-bond donors (Lipinski definition) is 1. The summed E-state index contributed by atoms with van der Waals surface area (Å²) in [5, 5.41) is 13.8. The highest BCUT2D eigenvalue weighted by atomic mass is 32.1. The fourth-order valence-electron chi connectivity index (χ4n) is 3.42. The predicted octanol–water partition coefficient (Wildman–Crippen LogP) is 6.10. The van der Waals surface area contributed by atoms with Gasteiger partial charge in [0.15, 0.2) is 0 Å². The predicted molar refractivity (Wildman–Crippen MR) is 125 cm³/mol. The molecule has 0 aliphatic heterocycles. The molecule has 0 saturated carbocycles. The van der Waals surface area contributed by atoms with E-state index in [9.17, 15) is 10.1 Å². The number of para-hydroxylation sites is 1. The van der Waals surface area contributed by atoms with E-state index in [4.69, 9.17) is 9.72 Å². The van der Waals surface area contributed by atoms with E-state index in [-0.39, 0.29) is 5.91 Å². The smallest absolute Gasteiger partial charge is 0.257 e. The number of carbonyl (C=O) groups excluding carboxylic acids is 1. The molecule has 4 aromatic rings. The molecular weight excluding hydrogens is 406 g/mol. The molecule has 0 atom stereocenters. The van der Waals surface area contributed by atoms with E-state index in [0.29, 0.717) is 28.4 Å². The minimum atomic E-state index is -0.261. The molecule has 2 aromatic carbocycles. The molecule has 1 amide bonds. The zero-order valence-corrected chi connectivity index (χ0v) is 18.3. The van der Waals surface area contributed by atoms with Gasteiger partial charge in [-0.25, -0.2) is 4.98 Å². The van der Waals surface area contributed by atoms with E-state index in [2.05, 4.69) is 11.4 Å². The van der Waals surface area contributed by atoms with E-state index in [0.717, 1.165) is 32.7 Å². The van der Waals surface area contributed by atoms with Crippen LogP contribution in [0.2, 0.25) is 0 Å². The largest absolute Gasteiger partial charge is 0.494 e. The van der Waals surface area contributed by atoms with Gasteiger partial charge < -0.3 is 10.1 Å². The van der Waals surface area contributed by atoms with E-state index in [1.165, 1.54) is 11.3 Å². The van der Waals surface area contributed by atoms with Gasteiger partial charge in [-0.3, -0.25) is 4.79 Å². The van der Waals surface area contributed by atoms with Gasteiger partial charge in [0, 0.05) is 15.8 Å². The molecule has 154 valence electrons. The Hall–Kier alpha value is -3.69. The van der Waals surface area contributed by atoms with Crippen LogP contribution in [-0.4, -0.2) is 17.5 Å². The van der Waals surface area contributed by atoms with Gasteiger partial charge in [-0.2, -0.15) is 5.26 Å². The number of amides is 1. The average Bonchev–Trinajstić information content (AvgIpc) is 3.05. The van der Waals surface area contributed by atoms with Crippen LogP contribution in [0.4, 0.5) is 5.00 Å². The van der Waals surface area contributed by atoms with Gasteiger partial charge in [-0.05, 0) is 62.7 Å². The molecule has 0 bridgehead atoms. The summed E-state index contributed by atoms with van der Waals surface area (Å²) >= 11 is 1.42. The summed E-state index contributed by atoms with van der Waals surface area (Å²) in [6.07, 6.45) is 0. The number of nitrogens with zero attached hydrogens (tertiary/aromatic N) is 2. The summed E-state index contributed by atoms with van der Waals surface area (Å²) < 4.78 is 5.52. The molecule has 4 rings (SSSR count). The number of benzene rings is 2. The number of nitriles is 1. The number of fused-ring (bicyclic) bond motifs is 1. The highest BCUT2D eigenvalue weighted by Crippen LogP contribution is 2.33. The normalized spacial score (nSPS) is 10.6. The first-order chi connectivity index (χ1) is 15.0. The maximum Gasteiger partial charge on any atom is 0.257 e. The summed E-state index contributed by atoms with van der Waals surface area (Å²) in [7, 11) is 0. The number of rotatable bonds is 5. The number of aryl methyl sites for hydroxylation is 1. The number of ether oxygens (including phenoxy) is 1. The van der Waals surface area contributed by atoms with E-state index < -0.39 is 0 Å². The first-order valence-corrected chi connectivity index (χ1v) is 10.8. The van der Waals surface area contributed by atoms with Gasteiger partial charge in [0.25, 0.3) is 5.91 Å². The van der Waals surface area contributed by atoms with Gasteiger partial charge in [0.1, 0.15) is 16.8 Å². The lowest BCUT2D eigenvalue weighted by atomic mass is 10.0. The molecule has 31 heavy (non-hydrogen) atoms. The van der Waals surface area contributed by atoms with Crippen molar-refractivity contribution in [1.82, 2.24) is 4.98 Å². The van der Waals surface area contributed by atoms with Gasteiger partial charge in [-0.15, -0.1) is 11.3 Å². The SMILES string of the molecule is CCOc1ccc(-c2cc(C(=O)Nc3sc(C)c(C)c3C#N)c3ccccc3n2)cc1. The molecule has 0 aliphatic carbocycles. The van der Waals surface area contributed by atoms with Crippen molar-refractivity contribution in [3.8, 4) is 23.1 Å². The molecule has 0 radical (unpaired) electrons. The summed E-state index contributed by atoms with van der Waals surface area (Å²) in [6.45, 7) is 6.39. The molecule has 0 unspecified atom stereocenters. The Morgan fingerprint density at radius 1 is 1.16 bits per heavy atom. The lowest BCUT2D eigenvalue weighted by Crippen LogP contribution is -2.13. The van der Waals surface area contributed by atoms with Crippen LogP contribution >= 0.6 is 11.3 Å². The van der Waals surface area contributed by atoms with Crippen molar-refractivity contribution >= 4 is 33.1 Å². The highest BCUT2D eigenvalue weighted by molar-refractivity contribution is 7.16. The van der Waals surface area contributed by atoms with Crippen LogP contribution in [0.1, 0.15) is 33.3 Å². The Morgan fingerprint density at radius 3 is 2.61 bits per heavy atom. The fraction of sp³-hybridized carbons (Fsp3) is 0.160. The van der Waals surface area contributed by atoms with Gasteiger partial charge in [0.05, 0.1) is 28.9 Å². The molecule has 5 nitrogen and oxygen atoms in total. The molecule has 2 heterocycles. The minimum Gasteiger partial charge on any atom is -0.494 e. The number of pyridine rings is 1. The van der Waals surface area contributed by atoms with E-state index in [1.807, 2.05) is 69.3 Å². The first-order valence-electron chi connectivity index (χ1n) is 9.96. The van der Waals surface area contributed by atoms with Crippen LogP contribution in [0.25, 0.3) is 22.2 Å². The van der Waals surface area contributed by atoms with Crippen molar-refractivity contribution in [1.29, 1.82) is 5.26 Å². The Labute approximate surface area is 184 Å². The lowest BCUT2D eigenvalue weighted by Gasteiger charge is -2.11. The number of thiophene rings is 1. The molecule has 6 heteroatoms. The van der Waals surface area contributed by atoms with Crippen molar-refractivity contribution in [3.63, 3.8) is 0 Å². The van der Waals surface area contributed by atoms with Gasteiger partial charge in [-0.1, -0.05) is 18.2 Å². The van der Waals surface area contributed by atoms with Crippen molar-refractivity contribution in [2.45, 2.75) is 20.8 Å². The topological polar surface area (TPSA) is 75.0 Å². The second-order valence-electron chi connectivity index (χ2n) is 7.08. The number of hydrogen-bond acceptors (Lipinski definition) is 5. The third-order valence-electron chi connectivity index (χ3n) is 5.15. The zero-order chi connectivity index (χ0) is 22.0. The van der Waals surface area contributed by atoms with Crippen LogP contribution in [0, 0.1) is 25.2 Å². The summed E-state index contributed by atoms with van der Waals surface area (Å²) in [6, 6.07) is 19.2. The van der Waals surface area contributed by atoms with E-state index in [1.54, 1.807) is 6.07 Å². The monoisotopic (exact) mass is 427 g/mol. The van der Waals surface area contributed by atoms with Crippen LogP contribution in [0.15, 0.2) is 54.6 Å². The third kappa shape index (κ3) is 4.00. The maximum atomic E-state index is 13.3. The van der Waals surface area contributed by atoms with E-state index >= 15 is 0 Å². The number of anilines is 1. The molecule has 0 saturated heterocycles. The minimum absolute atomic E-state index is 0.261. The van der Waals surface area contributed by atoms with Gasteiger partial charge in [0.2, 0.25) is 0 Å². The summed E-state index contributed by atoms with van der Waals surface area (Å²) in [5.41, 5.74) is 4.26. The van der Waals surface area contributed by atoms with Crippen LogP contribution in [-0.2, 0) is 0 Å². The van der Waals surface area contributed by atoms with Crippen molar-refractivity contribution in [3.05, 3.63) is 76.2 Å². The quantitative estimate of drug-likeness (QED) is 0.417. The van der Waals surface area contributed by atoms with Crippen LogP contribution in [0.3, 0.4) is 0 Å². The maximum absolute atomic E-state index is 13.3. The molecule has 0 spiro atoms. The van der Waals surface area contributed by atoms with Crippen LogP contribution in [0.5, 0.6) is 5.75 Å².